The van der Waals surface area contributed by atoms with Crippen molar-refractivity contribution in [2.45, 2.75) is 18.8 Å². The van der Waals surface area contributed by atoms with Crippen LogP contribution in [-0.4, -0.2) is 36.7 Å². The molecule has 88 valence electrons. The molecule has 0 amide bonds. The van der Waals surface area contributed by atoms with Gasteiger partial charge in [-0.3, -0.25) is 4.98 Å². The van der Waals surface area contributed by atoms with E-state index in [9.17, 15) is 0 Å². The van der Waals surface area contributed by atoms with Crippen molar-refractivity contribution in [2.24, 2.45) is 0 Å². The molecular formula is C12H21N4+. The van der Waals surface area contributed by atoms with Gasteiger partial charge in [0.2, 0.25) is 0 Å². The second kappa shape index (κ2) is 3.94. The van der Waals surface area contributed by atoms with Crippen molar-refractivity contribution in [2.75, 3.05) is 38.7 Å². The zero-order chi connectivity index (χ0) is 11.8. The first-order valence-corrected chi connectivity index (χ1v) is 5.81. The molecule has 0 saturated carbocycles. The van der Waals surface area contributed by atoms with E-state index < -0.39 is 0 Å². The molecule has 0 spiro atoms. The highest BCUT2D eigenvalue weighted by Crippen LogP contribution is 2.32. The van der Waals surface area contributed by atoms with E-state index in [2.05, 4.69) is 19.1 Å². The van der Waals surface area contributed by atoms with Gasteiger partial charge in [0.15, 0.2) is 0 Å². The predicted octanol–water partition coefficient (Wildman–Crippen LogP) is 1.20. The molecule has 0 aromatic carbocycles. The normalized spacial score (nSPS) is 20.9. The maximum Gasteiger partial charge on any atom is 0.0789 e. The van der Waals surface area contributed by atoms with Gasteiger partial charge in [0, 0.05) is 18.8 Å². The third kappa shape index (κ3) is 2.27. The lowest BCUT2D eigenvalue weighted by Crippen LogP contribution is -2.45. The van der Waals surface area contributed by atoms with Gasteiger partial charge in [-0.05, 0) is 6.07 Å². The number of nitrogens with two attached hydrogens (primary N) is 2. The molecular weight excluding hydrogens is 200 g/mol. The maximum absolute atomic E-state index is 5.97. The van der Waals surface area contributed by atoms with Crippen molar-refractivity contribution in [1.82, 2.24) is 4.98 Å². The van der Waals surface area contributed by atoms with E-state index in [1.807, 2.05) is 6.07 Å². The van der Waals surface area contributed by atoms with E-state index in [1.165, 1.54) is 13.1 Å². The smallest absolute Gasteiger partial charge is 0.0789 e. The molecule has 0 bridgehead atoms. The van der Waals surface area contributed by atoms with Gasteiger partial charge in [-0.25, -0.2) is 0 Å². The highest BCUT2D eigenvalue weighted by molar-refractivity contribution is 5.53. The van der Waals surface area contributed by atoms with Gasteiger partial charge < -0.3 is 16.0 Å². The van der Waals surface area contributed by atoms with E-state index in [0.717, 1.165) is 28.7 Å². The summed E-state index contributed by atoms with van der Waals surface area (Å²) in [4.78, 5) is 4.39. The minimum atomic E-state index is 0.506. The van der Waals surface area contributed by atoms with Gasteiger partial charge in [0.05, 0.1) is 50.5 Å². The van der Waals surface area contributed by atoms with Crippen LogP contribution in [0.2, 0.25) is 0 Å². The lowest BCUT2D eigenvalue weighted by molar-refractivity contribution is -0.895. The number of piperidine rings is 1. The molecule has 4 heteroatoms. The van der Waals surface area contributed by atoms with Gasteiger partial charge in [-0.1, -0.05) is 0 Å². The van der Waals surface area contributed by atoms with Crippen LogP contribution in [0.1, 0.15) is 24.5 Å². The van der Waals surface area contributed by atoms with Gasteiger partial charge >= 0.3 is 0 Å². The summed E-state index contributed by atoms with van der Waals surface area (Å²) < 4.78 is 1.10. The Morgan fingerprint density at radius 3 is 2.44 bits per heavy atom. The lowest BCUT2D eigenvalue weighted by Gasteiger charge is -2.37. The van der Waals surface area contributed by atoms with Crippen LogP contribution in [0.15, 0.2) is 12.3 Å². The second-order valence-corrected chi connectivity index (χ2v) is 5.40. The second-order valence-electron chi connectivity index (χ2n) is 5.40. The predicted molar refractivity (Wildman–Crippen MR) is 66.9 cm³/mol. The fraction of sp³-hybridized carbons (Fsp3) is 0.583. The Hall–Kier alpha value is -1.29. The van der Waals surface area contributed by atoms with Gasteiger partial charge in [0.25, 0.3) is 0 Å². The van der Waals surface area contributed by atoms with E-state index >= 15 is 0 Å². The average Bonchev–Trinajstić information content (AvgIpc) is 2.19. The summed E-state index contributed by atoms with van der Waals surface area (Å²) in [5.74, 6) is 0.506. The Bertz CT molecular complexity index is 377. The first kappa shape index (κ1) is 11.2. The molecule has 0 unspecified atom stereocenters. The van der Waals surface area contributed by atoms with Crippen molar-refractivity contribution in [3.63, 3.8) is 0 Å². The number of rotatable bonds is 1. The number of aromatic nitrogens is 1. The van der Waals surface area contributed by atoms with E-state index in [1.54, 1.807) is 6.20 Å². The van der Waals surface area contributed by atoms with Crippen molar-refractivity contribution in [3.8, 4) is 0 Å². The number of hydrogen-bond acceptors (Lipinski definition) is 3. The number of hydrogen-bond donors (Lipinski definition) is 2. The Labute approximate surface area is 96.8 Å². The van der Waals surface area contributed by atoms with E-state index in [0.29, 0.717) is 11.6 Å². The fourth-order valence-electron chi connectivity index (χ4n) is 2.39. The van der Waals surface area contributed by atoms with Crippen LogP contribution in [-0.2, 0) is 0 Å². The van der Waals surface area contributed by atoms with Crippen LogP contribution >= 0.6 is 0 Å². The van der Waals surface area contributed by atoms with Crippen LogP contribution in [0.4, 0.5) is 11.4 Å². The molecule has 0 radical (unpaired) electrons. The molecule has 1 aromatic rings. The molecule has 4 N–H and O–H groups in total. The largest absolute Gasteiger partial charge is 0.397 e. The number of quaternary nitrogens is 1. The minimum Gasteiger partial charge on any atom is -0.397 e. The van der Waals surface area contributed by atoms with Crippen LogP contribution in [0.5, 0.6) is 0 Å². The summed E-state index contributed by atoms with van der Waals surface area (Å²) >= 11 is 0. The van der Waals surface area contributed by atoms with Crippen LogP contribution < -0.4 is 11.5 Å². The first-order chi connectivity index (χ1) is 7.48. The van der Waals surface area contributed by atoms with Crippen molar-refractivity contribution in [3.05, 3.63) is 18.0 Å². The summed E-state index contributed by atoms with van der Waals surface area (Å²) in [5.41, 5.74) is 14.1. The van der Waals surface area contributed by atoms with Crippen molar-refractivity contribution < 1.29 is 4.48 Å². The molecule has 1 aliphatic rings. The zero-order valence-corrected chi connectivity index (χ0v) is 10.1. The molecule has 16 heavy (non-hydrogen) atoms. The quantitative estimate of drug-likeness (QED) is 0.700. The van der Waals surface area contributed by atoms with Crippen LogP contribution in [0, 0.1) is 0 Å². The Morgan fingerprint density at radius 2 is 1.88 bits per heavy atom. The third-order valence-electron chi connectivity index (χ3n) is 3.52. The molecule has 0 atom stereocenters. The molecule has 0 aliphatic carbocycles. The SMILES string of the molecule is C[N+]1(C)CCC(c2ncc(N)cc2N)CC1. The van der Waals surface area contributed by atoms with E-state index in [-0.39, 0.29) is 0 Å². The summed E-state index contributed by atoms with van der Waals surface area (Å²) in [5, 5.41) is 0. The molecule has 2 heterocycles. The fourth-order valence-corrected chi connectivity index (χ4v) is 2.39. The first-order valence-electron chi connectivity index (χ1n) is 5.81. The summed E-state index contributed by atoms with van der Waals surface area (Å²) in [6, 6.07) is 1.82. The molecule has 1 fully saturated rings. The van der Waals surface area contributed by atoms with Gasteiger partial charge in [-0.15, -0.1) is 0 Å². The summed E-state index contributed by atoms with van der Waals surface area (Å²) in [7, 11) is 4.55. The summed E-state index contributed by atoms with van der Waals surface area (Å²) in [6.07, 6.45) is 4.03. The number of pyridine rings is 1. The Kier molecular flexibility index (Phi) is 2.76. The van der Waals surface area contributed by atoms with E-state index in [4.69, 9.17) is 11.5 Å². The highest BCUT2D eigenvalue weighted by Gasteiger charge is 2.28. The molecule has 1 aromatic heterocycles. The molecule has 2 rings (SSSR count). The van der Waals surface area contributed by atoms with Crippen LogP contribution in [0.25, 0.3) is 0 Å². The minimum absolute atomic E-state index is 0.506. The van der Waals surface area contributed by atoms with Gasteiger partial charge in [0.1, 0.15) is 0 Å². The molecule has 1 saturated heterocycles. The standard InChI is InChI=1S/C12H21N4/c1-16(2)5-3-9(4-6-16)12-11(14)7-10(13)8-15-12/h7-9H,3-6,13-14H2,1-2H3/q+1. The Balaban J connectivity index is 2.14. The lowest BCUT2D eigenvalue weighted by atomic mass is 9.91. The monoisotopic (exact) mass is 221 g/mol. The Morgan fingerprint density at radius 1 is 1.25 bits per heavy atom. The number of likely N-dealkylation sites (tertiary alicyclic amines) is 1. The topological polar surface area (TPSA) is 64.9 Å². The molecule has 1 aliphatic heterocycles. The van der Waals surface area contributed by atoms with Gasteiger partial charge in [-0.2, -0.15) is 0 Å². The van der Waals surface area contributed by atoms with Crippen molar-refractivity contribution >= 4 is 11.4 Å². The maximum atomic E-state index is 5.97. The van der Waals surface area contributed by atoms with Crippen LogP contribution in [0.3, 0.4) is 0 Å². The number of nitrogens with zero attached hydrogens (tertiary/aromatic N) is 2. The van der Waals surface area contributed by atoms with Crippen molar-refractivity contribution in [1.29, 1.82) is 0 Å². The average molecular weight is 221 g/mol. The molecule has 4 nitrogen and oxygen atoms in total. The third-order valence-corrected chi connectivity index (χ3v) is 3.52. The zero-order valence-electron chi connectivity index (χ0n) is 10.1. The highest BCUT2D eigenvalue weighted by atomic mass is 15.3. The number of nitrogen functional groups attached to an aromatic ring is 2. The summed E-state index contributed by atoms with van der Waals surface area (Å²) in [6.45, 7) is 2.38. The number of anilines is 2.